The van der Waals surface area contributed by atoms with Gasteiger partial charge < -0.3 is 20.1 Å². The summed E-state index contributed by atoms with van der Waals surface area (Å²) >= 11 is 6.05. The maximum Gasteiger partial charge on any atom is 0.251 e. The highest BCUT2D eigenvalue weighted by atomic mass is 35.5. The van der Waals surface area contributed by atoms with Gasteiger partial charge in [0.25, 0.3) is 5.56 Å². The van der Waals surface area contributed by atoms with Gasteiger partial charge in [-0.05, 0) is 42.7 Å². The molecule has 0 unspecified atom stereocenters. The van der Waals surface area contributed by atoms with E-state index in [0.717, 1.165) is 5.56 Å². The third kappa shape index (κ3) is 4.32. The summed E-state index contributed by atoms with van der Waals surface area (Å²) in [5.74, 6) is 0.468. The summed E-state index contributed by atoms with van der Waals surface area (Å²) in [5, 5.41) is 23.0. The van der Waals surface area contributed by atoms with E-state index in [1.165, 1.54) is 10.6 Å². The van der Waals surface area contributed by atoms with Gasteiger partial charge in [0.15, 0.2) is 0 Å². The van der Waals surface area contributed by atoms with Crippen LogP contribution in [0.3, 0.4) is 0 Å². The van der Waals surface area contributed by atoms with Gasteiger partial charge in [-0.2, -0.15) is 0 Å². The number of nitrogens with zero attached hydrogens (tertiary/aromatic N) is 3. The fraction of sp³-hybridized carbons (Fsp3) is 0.286. The summed E-state index contributed by atoms with van der Waals surface area (Å²) in [7, 11) is 0. The van der Waals surface area contributed by atoms with Crippen molar-refractivity contribution in [1.82, 2.24) is 14.5 Å². The minimum absolute atomic E-state index is 0.163. The third-order valence-corrected chi connectivity index (χ3v) is 5.32. The number of halogens is 1. The summed E-state index contributed by atoms with van der Waals surface area (Å²) in [6, 6.07) is 11.8. The topological polar surface area (TPSA) is 100 Å². The molecule has 4 rings (SSSR count). The first-order chi connectivity index (χ1) is 14.0. The number of pyridine rings is 1. The molecule has 0 radical (unpaired) electrons. The van der Waals surface area contributed by atoms with Crippen molar-refractivity contribution < 1.29 is 10.2 Å². The van der Waals surface area contributed by atoms with Crippen molar-refractivity contribution in [2.75, 3.05) is 11.9 Å². The molecule has 0 aliphatic heterocycles. The maximum absolute atomic E-state index is 12.8. The summed E-state index contributed by atoms with van der Waals surface area (Å²) in [6.45, 7) is -0.228. The summed E-state index contributed by atoms with van der Waals surface area (Å²) < 4.78 is 1.48. The molecule has 29 heavy (non-hydrogen) atoms. The second kappa shape index (κ2) is 8.32. The van der Waals surface area contributed by atoms with E-state index in [-0.39, 0.29) is 24.3 Å². The first kappa shape index (κ1) is 19.6. The van der Waals surface area contributed by atoms with Gasteiger partial charge in [-0.1, -0.05) is 23.7 Å². The lowest BCUT2D eigenvalue weighted by Gasteiger charge is -2.31. The molecule has 1 aliphatic rings. The first-order valence-electron chi connectivity index (χ1n) is 9.40. The van der Waals surface area contributed by atoms with Gasteiger partial charge >= 0.3 is 0 Å². The molecular formula is C21H21ClN4O3. The average molecular weight is 413 g/mol. The Hall–Kier alpha value is -2.74. The lowest BCUT2D eigenvalue weighted by Crippen LogP contribution is -2.39. The Morgan fingerprint density at radius 2 is 2.07 bits per heavy atom. The molecule has 1 aliphatic carbocycles. The number of aromatic nitrogens is 3. The molecule has 0 amide bonds. The quantitative estimate of drug-likeness (QED) is 0.575. The Labute approximate surface area is 172 Å². The van der Waals surface area contributed by atoms with Crippen molar-refractivity contribution in [2.45, 2.75) is 31.0 Å². The second-order valence-corrected chi connectivity index (χ2v) is 7.58. The van der Waals surface area contributed by atoms with Crippen molar-refractivity contribution in [2.24, 2.45) is 0 Å². The minimum atomic E-state index is -0.525. The Morgan fingerprint density at radius 3 is 2.76 bits per heavy atom. The maximum atomic E-state index is 12.8. The van der Waals surface area contributed by atoms with E-state index in [1.54, 1.807) is 42.7 Å². The van der Waals surface area contributed by atoms with Gasteiger partial charge in [-0.15, -0.1) is 0 Å². The number of hydrogen-bond donors (Lipinski definition) is 3. The van der Waals surface area contributed by atoms with Crippen LogP contribution in [0.5, 0.6) is 0 Å². The smallest absolute Gasteiger partial charge is 0.251 e. The molecule has 0 saturated heterocycles. The van der Waals surface area contributed by atoms with Crippen LogP contribution in [0.25, 0.3) is 11.3 Å². The molecule has 150 valence electrons. The zero-order valence-electron chi connectivity index (χ0n) is 15.6. The van der Waals surface area contributed by atoms with Gasteiger partial charge in [0.2, 0.25) is 5.95 Å². The first-order valence-corrected chi connectivity index (χ1v) is 9.78. The Morgan fingerprint density at radius 1 is 1.24 bits per heavy atom. The monoisotopic (exact) mass is 412 g/mol. The van der Waals surface area contributed by atoms with Crippen LogP contribution >= 0.6 is 11.6 Å². The van der Waals surface area contributed by atoms with E-state index in [4.69, 9.17) is 11.6 Å². The van der Waals surface area contributed by atoms with Crippen LogP contribution in [0, 0.1) is 0 Å². The highest BCUT2D eigenvalue weighted by Crippen LogP contribution is 2.24. The molecule has 2 heterocycles. The lowest BCUT2D eigenvalue weighted by atomic mass is 9.90. The molecule has 0 bridgehead atoms. The number of benzene rings is 1. The standard InChI is InChI=1S/C21H21ClN4O3/c22-15-3-1-2-14(8-15)19(12-27)26-7-5-13(9-20(26)29)18-4-6-23-21(25-18)24-16-10-17(28)11-16/h1-9,16-17,19,27-28H,10-12H2,(H,23,24,25)/t16-,17+,19-/m1/s1. The molecule has 3 N–H and O–H groups in total. The number of nitrogens with one attached hydrogen (secondary N) is 1. The van der Waals surface area contributed by atoms with Gasteiger partial charge in [0, 0.05) is 35.1 Å². The highest BCUT2D eigenvalue weighted by molar-refractivity contribution is 6.30. The SMILES string of the molecule is O=c1cc(-c2ccnc(N[C@H]3C[C@@H](O)C3)n2)ccn1[C@H](CO)c1cccc(Cl)c1. The number of aliphatic hydroxyl groups is 2. The van der Waals surface area contributed by atoms with Crippen molar-refractivity contribution in [3.05, 3.63) is 75.8 Å². The Bertz CT molecular complexity index is 1070. The molecule has 7 nitrogen and oxygen atoms in total. The largest absolute Gasteiger partial charge is 0.394 e. The summed E-state index contributed by atoms with van der Waals surface area (Å²) in [4.78, 5) is 21.4. The van der Waals surface area contributed by atoms with Crippen molar-refractivity contribution in [3.8, 4) is 11.3 Å². The van der Waals surface area contributed by atoms with Crippen LogP contribution in [-0.4, -0.2) is 43.5 Å². The van der Waals surface area contributed by atoms with Crippen molar-refractivity contribution in [1.29, 1.82) is 0 Å². The predicted octanol–water partition coefficient (Wildman–Crippen LogP) is 2.48. The van der Waals surface area contributed by atoms with Crippen LogP contribution in [0.4, 0.5) is 5.95 Å². The minimum Gasteiger partial charge on any atom is -0.394 e. The number of anilines is 1. The molecular weight excluding hydrogens is 392 g/mol. The van der Waals surface area contributed by atoms with E-state index < -0.39 is 6.04 Å². The third-order valence-electron chi connectivity index (χ3n) is 5.09. The van der Waals surface area contributed by atoms with E-state index in [1.807, 2.05) is 6.07 Å². The molecule has 3 aromatic rings. The molecule has 1 atom stereocenters. The van der Waals surface area contributed by atoms with Gasteiger partial charge in [-0.3, -0.25) is 4.79 Å². The Kier molecular flexibility index (Phi) is 5.62. The zero-order chi connectivity index (χ0) is 20.4. The molecule has 1 aromatic carbocycles. The van der Waals surface area contributed by atoms with Crippen LogP contribution in [0.15, 0.2) is 59.7 Å². The molecule has 1 saturated carbocycles. The lowest BCUT2D eigenvalue weighted by molar-refractivity contribution is 0.0834. The normalized spacial score (nSPS) is 19.4. The van der Waals surface area contributed by atoms with Crippen molar-refractivity contribution >= 4 is 17.5 Å². The highest BCUT2D eigenvalue weighted by Gasteiger charge is 2.27. The van der Waals surface area contributed by atoms with Gasteiger partial charge in [0.05, 0.1) is 24.4 Å². The second-order valence-electron chi connectivity index (χ2n) is 7.15. The van der Waals surface area contributed by atoms with E-state index in [9.17, 15) is 15.0 Å². The van der Waals surface area contributed by atoms with Crippen molar-refractivity contribution in [3.63, 3.8) is 0 Å². The number of rotatable bonds is 6. The van der Waals surface area contributed by atoms with Crippen LogP contribution in [0.2, 0.25) is 5.02 Å². The van der Waals surface area contributed by atoms with E-state index in [0.29, 0.717) is 35.1 Å². The fourth-order valence-corrected chi connectivity index (χ4v) is 3.65. The summed E-state index contributed by atoms with van der Waals surface area (Å²) in [5.41, 5.74) is 1.78. The fourth-order valence-electron chi connectivity index (χ4n) is 3.45. The average Bonchev–Trinajstić information content (AvgIpc) is 2.69. The molecule has 1 fully saturated rings. The number of hydrogen-bond acceptors (Lipinski definition) is 6. The van der Waals surface area contributed by atoms with Crippen LogP contribution in [0.1, 0.15) is 24.4 Å². The predicted molar refractivity (Wildman–Crippen MR) is 111 cm³/mol. The van der Waals surface area contributed by atoms with Gasteiger partial charge in [0.1, 0.15) is 0 Å². The van der Waals surface area contributed by atoms with Crippen LogP contribution in [-0.2, 0) is 0 Å². The number of aliphatic hydroxyl groups excluding tert-OH is 2. The van der Waals surface area contributed by atoms with E-state index in [2.05, 4.69) is 15.3 Å². The van der Waals surface area contributed by atoms with E-state index >= 15 is 0 Å². The van der Waals surface area contributed by atoms with Gasteiger partial charge in [-0.25, -0.2) is 9.97 Å². The molecule has 8 heteroatoms. The summed E-state index contributed by atoms with van der Waals surface area (Å²) in [6.07, 6.45) is 4.37. The Balaban J connectivity index is 1.59. The molecule has 2 aromatic heterocycles. The zero-order valence-corrected chi connectivity index (χ0v) is 16.3. The molecule has 0 spiro atoms. The van der Waals surface area contributed by atoms with Crippen LogP contribution < -0.4 is 10.9 Å².